The van der Waals surface area contributed by atoms with Crippen LogP contribution in [0.5, 0.6) is 11.5 Å². The molecule has 0 aliphatic carbocycles. The van der Waals surface area contributed by atoms with Crippen molar-refractivity contribution in [1.29, 1.82) is 0 Å². The first-order valence-electron chi connectivity index (χ1n) is 7.48. The van der Waals surface area contributed by atoms with Crippen LogP contribution in [0.25, 0.3) is 0 Å². The van der Waals surface area contributed by atoms with E-state index in [0.29, 0.717) is 18.0 Å². The fourth-order valence-corrected chi connectivity index (χ4v) is 2.14. The minimum atomic E-state index is -0.292. The Kier molecular flexibility index (Phi) is 6.14. The topological polar surface area (TPSA) is 73.6 Å². The molecule has 2 aromatic carbocycles. The molecule has 5 nitrogen and oxygen atoms in total. The van der Waals surface area contributed by atoms with E-state index in [9.17, 15) is 4.79 Å². The summed E-state index contributed by atoms with van der Waals surface area (Å²) < 4.78 is 11.0. The number of nitrogens with two attached hydrogens (primary N) is 1. The lowest BCUT2D eigenvalue weighted by atomic mass is 10.2. The molecule has 23 heavy (non-hydrogen) atoms. The first kappa shape index (κ1) is 17.0. The number of carbonyl (C=O) groups is 1. The van der Waals surface area contributed by atoms with E-state index < -0.39 is 0 Å². The molecule has 1 unspecified atom stereocenters. The number of carbonyl (C=O) groups excluding carboxylic acids is 1. The van der Waals surface area contributed by atoms with Gasteiger partial charge in [0.2, 0.25) is 5.91 Å². The molecule has 2 aromatic rings. The molecule has 0 bridgehead atoms. The summed E-state index contributed by atoms with van der Waals surface area (Å²) in [5.41, 5.74) is 7.26. The van der Waals surface area contributed by atoms with Gasteiger partial charge in [-0.25, -0.2) is 0 Å². The highest BCUT2D eigenvalue weighted by atomic mass is 16.5. The van der Waals surface area contributed by atoms with Crippen molar-refractivity contribution < 1.29 is 14.3 Å². The second-order valence-corrected chi connectivity index (χ2v) is 5.26. The molecule has 0 saturated heterocycles. The number of amides is 1. The summed E-state index contributed by atoms with van der Waals surface area (Å²) in [6.45, 7) is 2.30. The minimum Gasteiger partial charge on any atom is -0.455 e. The van der Waals surface area contributed by atoms with Crippen molar-refractivity contribution in [3.63, 3.8) is 0 Å². The van der Waals surface area contributed by atoms with Gasteiger partial charge in [0.25, 0.3) is 0 Å². The Hall–Kier alpha value is -2.37. The maximum Gasteiger partial charge on any atom is 0.227 e. The Morgan fingerprint density at radius 1 is 1.22 bits per heavy atom. The second kappa shape index (κ2) is 8.31. The Balaban J connectivity index is 2.09. The molecule has 0 radical (unpaired) electrons. The third kappa shape index (κ3) is 5.09. The number of hydrogen-bond donors (Lipinski definition) is 2. The highest BCUT2D eigenvalue weighted by Crippen LogP contribution is 2.29. The quantitative estimate of drug-likeness (QED) is 0.823. The molecule has 0 spiro atoms. The molecule has 1 amide bonds. The van der Waals surface area contributed by atoms with Gasteiger partial charge < -0.3 is 20.5 Å². The van der Waals surface area contributed by atoms with Gasteiger partial charge in [0.1, 0.15) is 5.75 Å². The van der Waals surface area contributed by atoms with Crippen LogP contribution < -0.4 is 15.8 Å². The van der Waals surface area contributed by atoms with Crippen LogP contribution in [-0.2, 0) is 9.53 Å². The van der Waals surface area contributed by atoms with Gasteiger partial charge in [0.05, 0.1) is 18.2 Å². The van der Waals surface area contributed by atoms with Gasteiger partial charge in [-0.1, -0.05) is 24.3 Å². The van der Waals surface area contributed by atoms with Crippen LogP contribution in [-0.4, -0.2) is 25.7 Å². The molecule has 5 heteroatoms. The number of hydrogen-bond acceptors (Lipinski definition) is 4. The van der Waals surface area contributed by atoms with Crippen LogP contribution in [0.4, 0.5) is 5.69 Å². The summed E-state index contributed by atoms with van der Waals surface area (Å²) in [6, 6.07) is 15.1. The van der Waals surface area contributed by atoms with E-state index in [0.717, 1.165) is 11.3 Å². The van der Waals surface area contributed by atoms with Gasteiger partial charge in [0, 0.05) is 13.7 Å². The largest absolute Gasteiger partial charge is 0.455 e. The summed E-state index contributed by atoms with van der Waals surface area (Å²) in [7, 11) is 1.54. The fourth-order valence-electron chi connectivity index (χ4n) is 2.14. The molecule has 0 saturated carbocycles. The highest BCUT2D eigenvalue weighted by Gasteiger charge is 2.13. The third-order valence-corrected chi connectivity index (χ3v) is 3.39. The number of para-hydroxylation sites is 2. The maximum absolute atomic E-state index is 12.1. The normalized spacial score (nSPS) is 11.8. The number of aryl methyl sites for hydroxylation is 1. The highest BCUT2D eigenvalue weighted by molar-refractivity contribution is 5.92. The Bertz CT molecular complexity index is 654. The molecule has 2 rings (SSSR count). The predicted molar refractivity (Wildman–Crippen MR) is 90.8 cm³/mol. The standard InChI is InChI=1S/C18H22N2O3/c1-13-6-5-7-14(10-13)23-17-9-4-3-8-16(17)20-18(21)11-15(12-19)22-2/h3-10,15H,11-12,19H2,1-2H3,(H,20,21). The third-order valence-electron chi connectivity index (χ3n) is 3.39. The smallest absolute Gasteiger partial charge is 0.227 e. The molecule has 0 fully saturated rings. The van der Waals surface area contributed by atoms with Gasteiger partial charge in [-0.05, 0) is 36.8 Å². The van der Waals surface area contributed by atoms with Gasteiger partial charge in [-0.2, -0.15) is 0 Å². The molecule has 122 valence electrons. The second-order valence-electron chi connectivity index (χ2n) is 5.26. The zero-order valence-electron chi connectivity index (χ0n) is 13.4. The molecular weight excluding hydrogens is 292 g/mol. The lowest BCUT2D eigenvalue weighted by Gasteiger charge is -2.15. The molecule has 0 heterocycles. The molecule has 3 N–H and O–H groups in total. The van der Waals surface area contributed by atoms with E-state index in [4.69, 9.17) is 15.2 Å². The van der Waals surface area contributed by atoms with Crippen molar-refractivity contribution in [1.82, 2.24) is 0 Å². The summed E-state index contributed by atoms with van der Waals surface area (Å²) >= 11 is 0. The van der Waals surface area contributed by atoms with Crippen LogP contribution in [0, 0.1) is 6.92 Å². The van der Waals surface area contributed by atoms with Crippen molar-refractivity contribution in [2.45, 2.75) is 19.4 Å². The van der Waals surface area contributed by atoms with Gasteiger partial charge in [-0.15, -0.1) is 0 Å². The van der Waals surface area contributed by atoms with Crippen molar-refractivity contribution in [3.05, 3.63) is 54.1 Å². The van der Waals surface area contributed by atoms with Crippen LogP contribution in [0.15, 0.2) is 48.5 Å². The van der Waals surface area contributed by atoms with E-state index >= 15 is 0 Å². The SMILES string of the molecule is COC(CN)CC(=O)Nc1ccccc1Oc1cccc(C)c1. The number of methoxy groups -OCH3 is 1. The fraction of sp³-hybridized carbons (Fsp3) is 0.278. The van der Waals surface area contributed by atoms with E-state index in [2.05, 4.69) is 5.32 Å². The van der Waals surface area contributed by atoms with Gasteiger partial charge in [0.15, 0.2) is 5.75 Å². The molecule has 0 aromatic heterocycles. The lowest BCUT2D eigenvalue weighted by molar-refractivity contribution is -0.118. The molecule has 1 atom stereocenters. The number of ether oxygens (including phenoxy) is 2. The Morgan fingerprint density at radius 2 is 2.00 bits per heavy atom. The first-order valence-corrected chi connectivity index (χ1v) is 7.48. The van der Waals surface area contributed by atoms with Crippen molar-refractivity contribution in [2.75, 3.05) is 19.0 Å². The molecular formula is C18H22N2O3. The van der Waals surface area contributed by atoms with E-state index in [1.807, 2.05) is 49.4 Å². The maximum atomic E-state index is 12.1. The average molecular weight is 314 g/mol. The summed E-state index contributed by atoms with van der Waals surface area (Å²) in [4.78, 5) is 12.1. The van der Waals surface area contributed by atoms with E-state index in [1.54, 1.807) is 13.2 Å². The zero-order valence-corrected chi connectivity index (χ0v) is 13.4. The predicted octanol–water partition coefficient (Wildman–Crippen LogP) is 3.09. The summed E-state index contributed by atoms with van der Waals surface area (Å²) in [5.74, 6) is 1.15. The van der Waals surface area contributed by atoms with Crippen molar-refractivity contribution in [2.24, 2.45) is 5.73 Å². The monoisotopic (exact) mass is 314 g/mol. The van der Waals surface area contributed by atoms with Crippen molar-refractivity contribution >= 4 is 11.6 Å². The van der Waals surface area contributed by atoms with Crippen LogP contribution in [0.2, 0.25) is 0 Å². The average Bonchev–Trinajstić information content (AvgIpc) is 2.54. The number of benzene rings is 2. The van der Waals surface area contributed by atoms with Gasteiger partial charge >= 0.3 is 0 Å². The molecule has 0 aliphatic heterocycles. The molecule has 0 aliphatic rings. The number of nitrogens with one attached hydrogen (secondary N) is 1. The van der Waals surface area contributed by atoms with Crippen LogP contribution in [0.3, 0.4) is 0 Å². The minimum absolute atomic E-state index is 0.164. The Morgan fingerprint density at radius 3 is 2.70 bits per heavy atom. The van der Waals surface area contributed by atoms with E-state index in [-0.39, 0.29) is 18.4 Å². The lowest BCUT2D eigenvalue weighted by Crippen LogP contribution is -2.28. The summed E-state index contributed by atoms with van der Waals surface area (Å²) in [6.07, 6.45) is -0.0916. The number of rotatable bonds is 7. The van der Waals surface area contributed by atoms with Crippen LogP contribution in [0.1, 0.15) is 12.0 Å². The van der Waals surface area contributed by atoms with E-state index in [1.165, 1.54) is 0 Å². The number of anilines is 1. The zero-order chi connectivity index (χ0) is 16.7. The first-order chi connectivity index (χ1) is 11.1. The van der Waals surface area contributed by atoms with Gasteiger partial charge in [-0.3, -0.25) is 4.79 Å². The summed E-state index contributed by atoms with van der Waals surface area (Å²) in [5, 5.41) is 2.85. The van der Waals surface area contributed by atoms with Crippen LogP contribution >= 0.6 is 0 Å². The van der Waals surface area contributed by atoms with Crippen molar-refractivity contribution in [3.8, 4) is 11.5 Å². The Labute approximate surface area is 136 Å².